The zero-order valence-electron chi connectivity index (χ0n) is 18.4. The number of aromatic amines is 1. The van der Waals surface area contributed by atoms with Crippen molar-refractivity contribution in [1.29, 1.82) is 0 Å². The molecule has 0 amide bonds. The van der Waals surface area contributed by atoms with Crippen molar-refractivity contribution >= 4 is 28.6 Å². The number of hydrogen-bond donors (Lipinski definition) is 2. The molecule has 7 heteroatoms. The number of Topliss-reactive ketones (excluding diaryl/α,β-unsaturated/α-hetero) is 1. The third kappa shape index (κ3) is 5.39. The van der Waals surface area contributed by atoms with E-state index in [2.05, 4.69) is 28.7 Å². The minimum absolute atomic E-state index is 0.0784. The first-order valence-corrected chi connectivity index (χ1v) is 11.1. The molecule has 30 heavy (non-hydrogen) atoms. The molecule has 0 bridgehead atoms. The van der Waals surface area contributed by atoms with Crippen molar-refractivity contribution < 1.29 is 14.3 Å². The van der Waals surface area contributed by atoms with Crippen LogP contribution in [-0.2, 0) is 9.53 Å². The van der Waals surface area contributed by atoms with Crippen molar-refractivity contribution in [3.8, 4) is 0 Å². The topological polar surface area (TPSA) is 101 Å². The van der Waals surface area contributed by atoms with Crippen LogP contribution in [0.1, 0.15) is 74.8 Å². The van der Waals surface area contributed by atoms with E-state index in [1.165, 1.54) is 0 Å². The van der Waals surface area contributed by atoms with Crippen molar-refractivity contribution in [3.05, 3.63) is 23.4 Å². The molecule has 3 N–H and O–H groups in total. The molecule has 1 fully saturated rings. The number of ether oxygens (including phenoxy) is 1. The lowest BCUT2D eigenvalue weighted by Gasteiger charge is -2.33. The van der Waals surface area contributed by atoms with E-state index in [9.17, 15) is 9.59 Å². The first-order chi connectivity index (χ1) is 14.4. The summed E-state index contributed by atoms with van der Waals surface area (Å²) in [6.45, 7) is 10.0. The number of ketones is 1. The summed E-state index contributed by atoms with van der Waals surface area (Å²) in [5.74, 6) is 1.15. The number of aromatic nitrogens is 2. The molecule has 0 spiro atoms. The highest BCUT2D eigenvalue weighted by molar-refractivity contribution is 5.98. The summed E-state index contributed by atoms with van der Waals surface area (Å²) < 4.78 is 5.04. The monoisotopic (exact) mass is 414 g/mol. The molecule has 0 atom stereocenters. The first kappa shape index (κ1) is 22.3. The van der Waals surface area contributed by atoms with Crippen LogP contribution in [0.25, 0.3) is 11.0 Å². The second-order valence-electron chi connectivity index (χ2n) is 8.66. The molecule has 0 unspecified atom stereocenters. The summed E-state index contributed by atoms with van der Waals surface area (Å²) in [5, 5.41) is 0. The minimum atomic E-state index is -0.342. The molecule has 7 nitrogen and oxygen atoms in total. The molecule has 164 valence electrons. The highest BCUT2D eigenvalue weighted by Crippen LogP contribution is 2.36. The molecule has 3 heterocycles. The Balaban J connectivity index is 1.72. The van der Waals surface area contributed by atoms with Crippen LogP contribution < -0.4 is 5.73 Å². The summed E-state index contributed by atoms with van der Waals surface area (Å²) >= 11 is 0. The standard InChI is InChI=1S/C23H34N4O3/c1-4-13-30-20(29)8-7-19(28)17-5-6-18-22(25-17)21(23(24)26-18)16-9-11-27(12-10-16)14-15(2)3/h5-6,15-16,26H,4,7-14,24H2,1-3H3. The number of pyridine rings is 1. The number of rotatable bonds is 9. The molecule has 0 saturated carbocycles. The fourth-order valence-corrected chi connectivity index (χ4v) is 4.23. The van der Waals surface area contributed by atoms with Crippen molar-refractivity contribution in [1.82, 2.24) is 14.9 Å². The predicted octanol–water partition coefficient (Wildman–Crippen LogP) is 3.90. The number of H-pyrrole nitrogens is 1. The zero-order valence-corrected chi connectivity index (χ0v) is 18.4. The number of nitrogens with zero attached hydrogens (tertiary/aromatic N) is 2. The van der Waals surface area contributed by atoms with Gasteiger partial charge in [0.2, 0.25) is 0 Å². The number of likely N-dealkylation sites (tertiary alicyclic amines) is 1. The SMILES string of the molecule is CCCOC(=O)CCC(=O)c1ccc2[nH]c(N)c(C3CCN(CC(C)C)CC3)c2n1. The van der Waals surface area contributed by atoms with E-state index in [0.717, 1.165) is 55.5 Å². The Labute approximate surface area is 178 Å². The molecule has 1 aliphatic heterocycles. The van der Waals surface area contributed by atoms with Gasteiger partial charge in [-0.25, -0.2) is 4.98 Å². The van der Waals surface area contributed by atoms with Crippen molar-refractivity contribution in [2.75, 3.05) is 32.0 Å². The van der Waals surface area contributed by atoms with Gasteiger partial charge in [0.15, 0.2) is 5.78 Å². The maximum Gasteiger partial charge on any atom is 0.306 e. The zero-order chi connectivity index (χ0) is 21.7. The van der Waals surface area contributed by atoms with E-state index in [-0.39, 0.29) is 24.6 Å². The second-order valence-corrected chi connectivity index (χ2v) is 8.66. The van der Waals surface area contributed by atoms with Gasteiger partial charge in [0, 0.05) is 18.5 Å². The summed E-state index contributed by atoms with van der Waals surface area (Å²) in [4.78, 5) is 34.7. The summed E-state index contributed by atoms with van der Waals surface area (Å²) in [5.41, 5.74) is 9.37. The number of anilines is 1. The summed E-state index contributed by atoms with van der Waals surface area (Å²) in [6, 6.07) is 3.56. The van der Waals surface area contributed by atoms with Crippen LogP contribution in [0.15, 0.2) is 12.1 Å². The number of fused-ring (bicyclic) bond motifs is 1. The van der Waals surface area contributed by atoms with Crippen LogP contribution in [0, 0.1) is 5.92 Å². The van der Waals surface area contributed by atoms with Gasteiger partial charge in [0.1, 0.15) is 11.5 Å². The molecule has 0 radical (unpaired) electrons. The van der Waals surface area contributed by atoms with Crippen LogP contribution >= 0.6 is 0 Å². The van der Waals surface area contributed by atoms with E-state index >= 15 is 0 Å². The van der Waals surface area contributed by atoms with Gasteiger partial charge < -0.3 is 20.4 Å². The number of carbonyl (C=O) groups is 2. The van der Waals surface area contributed by atoms with Gasteiger partial charge in [-0.2, -0.15) is 0 Å². The molecule has 0 aromatic carbocycles. The van der Waals surface area contributed by atoms with Gasteiger partial charge in [0.05, 0.1) is 24.1 Å². The van der Waals surface area contributed by atoms with E-state index in [4.69, 9.17) is 10.5 Å². The fourth-order valence-electron chi connectivity index (χ4n) is 4.23. The van der Waals surface area contributed by atoms with Crippen LogP contribution in [0.5, 0.6) is 0 Å². The third-order valence-electron chi connectivity index (χ3n) is 5.64. The Morgan fingerprint density at radius 1 is 1.27 bits per heavy atom. The Morgan fingerprint density at radius 3 is 2.67 bits per heavy atom. The van der Waals surface area contributed by atoms with Gasteiger partial charge in [0.25, 0.3) is 0 Å². The Kier molecular flexibility index (Phi) is 7.48. The lowest BCUT2D eigenvalue weighted by atomic mass is 9.89. The molecule has 0 aliphatic carbocycles. The minimum Gasteiger partial charge on any atom is -0.466 e. The quantitative estimate of drug-likeness (QED) is 0.477. The maximum absolute atomic E-state index is 12.6. The summed E-state index contributed by atoms with van der Waals surface area (Å²) in [7, 11) is 0. The number of nitrogens with one attached hydrogen (secondary N) is 1. The first-order valence-electron chi connectivity index (χ1n) is 11.1. The molecule has 1 aliphatic rings. The van der Waals surface area contributed by atoms with Crippen molar-refractivity contribution in [3.63, 3.8) is 0 Å². The van der Waals surface area contributed by atoms with Gasteiger partial charge in [-0.15, -0.1) is 0 Å². The average molecular weight is 415 g/mol. The van der Waals surface area contributed by atoms with Crippen molar-refractivity contribution in [2.24, 2.45) is 5.92 Å². The van der Waals surface area contributed by atoms with Gasteiger partial charge in [-0.3, -0.25) is 9.59 Å². The van der Waals surface area contributed by atoms with E-state index in [1.54, 1.807) is 6.07 Å². The third-order valence-corrected chi connectivity index (χ3v) is 5.64. The predicted molar refractivity (Wildman–Crippen MR) is 119 cm³/mol. The van der Waals surface area contributed by atoms with E-state index < -0.39 is 0 Å². The number of carbonyl (C=O) groups excluding carboxylic acids is 2. The second kappa shape index (κ2) is 10.1. The smallest absolute Gasteiger partial charge is 0.306 e. The Bertz CT molecular complexity index is 882. The maximum atomic E-state index is 12.6. The molecule has 1 saturated heterocycles. The number of piperidine rings is 1. The van der Waals surface area contributed by atoms with Gasteiger partial charge in [-0.05, 0) is 56.3 Å². The van der Waals surface area contributed by atoms with E-state index in [0.29, 0.717) is 30.0 Å². The Hall–Kier alpha value is -2.41. The van der Waals surface area contributed by atoms with Crippen LogP contribution in [-0.4, -0.2) is 52.9 Å². The fraction of sp³-hybridized carbons (Fsp3) is 0.609. The largest absolute Gasteiger partial charge is 0.466 e. The molecule has 2 aromatic rings. The summed E-state index contributed by atoms with van der Waals surface area (Å²) in [6.07, 6.45) is 3.02. The number of nitrogen functional groups attached to an aromatic ring is 1. The van der Waals surface area contributed by atoms with Crippen LogP contribution in [0.3, 0.4) is 0 Å². The molecule has 2 aromatic heterocycles. The lowest BCUT2D eigenvalue weighted by molar-refractivity contribution is -0.143. The van der Waals surface area contributed by atoms with Gasteiger partial charge in [-0.1, -0.05) is 20.8 Å². The number of hydrogen-bond acceptors (Lipinski definition) is 6. The molecule has 3 rings (SSSR count). The van der Waals surface area contributed by atoms with Crippen molar-refractivity contribution in [2.45, 2.75) is 58.8 Å². The molecular weight excluding hydrogens is 380 g/mol. The number of esters is 1. The van der Waals surface area contributed by atoms with Gasteiger partial charge >= 0.3 is 5.97 Å². The lowest BCUT2D eigenvalue weighted by Crippen LogP contribution is -2.35. The van der Waals surface area contributed by atoms with E-state index in [1.807, 2.05) is 13.0 Å². The van der Waals surface area contributed by atoms with Crippen LogP contribution in [0.4, 0.5) is 5.82 Å². The highest BCUT2D eigenvalue weighted by Gasteiger charge is 2.26. The Morgan fingerprint density at radius 2 is 2.00 bits per heavy atom. The normalized spacial score (nSPS) is 15.7. The average Bonchev–Trinajstić information content (AvgIpc) is 3.05. The molecular formula is C23H34N4O3. The number of nitrogens with two attached hydrogens (primary N) is 1. The van der Waals surface area contributed by atoms with Crippen LogP contribution in [0.2, 0.25) is 0 Å². The highest BCUT2D eigenvalue weighted by atomic mass is 16.5.